The molecule has 3 nitrogen and oxygen atoms in total. The molecule has 0 saturated carbocycles. The fraction of sp³-hybridized carbons (Fsp3) is 0.562. The van der Waals surface area contributed by atoms with E-state index in [0.29, 0.717) is 6.54 Å². The number of carbonyl (C=O) groups is 1. The van der Waals surface area contributed by atoms with Crippen molar-refractivity contribution in [2.75, 3.05) is 0 Å². The van der Waals surface area contributed by atoms with Gasteiger partial charge in [0.2, 0.25) is 0 Å². The molecule has 1 rings (SSSR count). The zero-order valence-electron chi connectivity index (χ0n) is 12.8. The van der Waals surface area contributed by atoms with Gasteiger partial charge in [-0.05, 0) is 48.4 Å². The van der Waals surface area contributed by atoms with Gasteiger partial charge in [0.1, 0.15) is 6.04 Å². The van der Waals surface area contributed by atoms with Crippen molar-refractivity contribution < 1.29 is 9.90 Å². The molecule has 0 spiro atoms. The number of aryl methyl sites for hydroxylation is 2. The van der Waals surface area contributed by atoms with Crippen LogP contribution in [0, 0.1) is 13.8 Å². The number of nitrogens with one attached hydrogen (secondary N) is 1. The van der Waals surface area contributed by atoms with E-state index in [1.807, 2.05) is 0 Å². The number of aliphatic carboxylic acids is 1. The van der Waals surface area contributed by atoms with E-state index in [9.17, 15) is 4.79 Å². The highest BCUT2D eigenvalue weighted by atomic mass is 16.4. The Kier molecular flexibility index (Phi) is 4.75. The summed E-state index contributed by atoms with van der Waals surface area (Å²) in [5.74, 6) is -0.818. The molecule has 0 aromatic heterocycles. The lowest BCUT2D eigenvalue weighted by molar-refractivity contribution is -0.139. The van der Waals surface area contributed by atoms with E-state index in [1.165, 1.54) is 22.3 Å². The van der Waals surface area contributed by atoms with Crippen molar-refractivity contribution in [3.63, 3.8) is 0 Å². The predicted molar refractivity (Wildman–Crippen MR) is 78.6 cm³/mol. The summed E-state index contributed by atoms with van der Waals surface area (Å²) < 4.78 is 0. The van der Waals surface area contributed by atoms with Crippen LogP contribution in [-0.2, 0) is 16.8 Å². The SMILES string of the molecule is Cc1cc(C(C)(C)C)cc(C)c1CN[C@H](C)C(=O)O. The molecule has 0 radical (unpaired) electrons. The molecule has 0 unspecified atom stereocenters. The summed E-state index contributed by atoms with van der Waals surface area (Å²) in [4.78, 5) is 10.8. The molecule has 1 atom stereocenters. The molecule has 0 aliphatic carbocycles. The number of hydrogen-bond donors (Lipinski definition) is 2. The molecule has 19 heavy (non-hydrogen) atoms. The van der Waals surface area contributed by atoms with Crippen molar-refractivity contribution in [3.8, 4) is 0 Å². The molecule has 106 valence electrons. The molecule has 0 bridgehead atoms. The van der Waals surface area contributed by atoms with Gasteiger partial charge in [-0.15, -0.1) is 0 Å². The summed E-state index contributed by atoms with van der Waals surface area (Å²) in [6.45, 7) is 13.0. The highest BCUT2D eigenvalue weighted by Gasteiger charge is 2.17. The fourth-order valence-electron chi connectivity index (χ4n) is 2.05. The highest BCUT2D eigenvalue weighted by Crippen LogP contribution is 2.26. The number of carboxylic acids is 1. The van der Waals surface area contributed by atoms with Crippen molar-refractivity contribution in [3.05, 3.63) is 34.4 Å². The zero-order valence-corrected chi connectivity index (χ0v) is 12.8. The van der Waals surface area contributed by atoms with E-state index in [4.69, 9.17) is 5.11 Å². The average Bonchev–Trinajstić information content (AvgIpc) is 2.25. The Morgan fingerprint density at radius 3 is 2.11 bits per heavy atom. The summed E-state index contributed by atoms with van der Waals surface area (Å²) in [5, 5.41) is 11.9. The second-order valence-electron chi connectivity index (χ2n) is 6.28. The Hall–Kier alpha value is -1.35. The lowest BCUT2D eigenvalue weighted by Gasteiger charge is -2.23. The van der Waals surface area contributed by atoms with Crippen LogP contribution in [0.25, 0.3) is 0 Å². The predicted octanol–water partition coefficient (Wildman–Crippen LogP) is 3.16. The first kappa shape index (κ1) is 15.7. The van der Waals surface area contributed by atoms with Crippen molar-refractivity contribution in [2.45, 2.75) is 59.5 Å². The molecule has 0 aliphatic rings. The number of hydrogen-bond acceptors (Lipinski definition) is 2. The second-order valence-corrected chi connectivity index (χ2v) is 6.28. The Bertz CT molecular complexity index is 449. The van der Waals surface area contributed by atoms with E-state index in [0.717, 1.165) is 0 Å². The van der Waals surface area contributed by atoms with Crippen LogP contribution >= 0.6 is 0 Å². The van der Waals surface area contributed by atoms with Crippen molar-refractivity contribution in [1.29, 1.82) is 0 Å². The van der Waals surface area contributed by atoms with Gasteiger partial charge in [-0.1, -0.05) is 32.9 Å². The van der Waals surface area contributed by atoms with Gasteiger partial charge in [0.05, 0.1) is 0 Å². The van der Waals surface area contributed by atoms with Gasteiger partial charge in [-0.3, -0.25) is 4.79 Å². The Labute approximate surface area is 116 Å². The maximum absolute atomic E-state index is 10.8. The van der Waals surface area contributed by atoms with Gasteiger partial charge in [0.25, 0.3) is 0 Å². The minimum Gasteiger partial charge on any atom is -0.480 e. The third kappa shape index (κ3) is 4.06. The Morgan fingerprint density at radius 2 is 1.74 bits per heavy atom. The molecule has 0 amide bonds. The summed E-state index contributed by atoms with van der Waals surface area (Å²) in [6.07, 6.45) is 0. The normalized spacial score (nSPS) is 13.4. The third-order valence-electron chi connectivity index (χ3n) is 3.52. The minimum atomic E-state index is -0.818. The third-order valence-corrected chi connectivity index (χ3v) is 3.52. The monoisotopic (exact) mass is 263 g/mol. The van der Waals surface area contributed by atoms with Gasteiger partial charge in [0, 0.05) is 6.54 Å². The van der Waals surface area contributed by atoms with E-state index < -0.39 is 12.0 Å². The number of carboxylic acid groups (broad SMARTS) is 1. The van der Waals surface area contributed by atoms with Crippen molar-refractivity contribution in [2.24, 2.45) is 0 Å². The van der Waals surface area contributed by atoms with Crippen LogP contribution in [0.4, 0.5) is 0 Å². The van der Waals surface area contributed by atoms with Crippen LogP contribution in [-0.4, -0.2) is 17.1 Å². The largest absolute Gasteiger partial charge is 0.480 e. The lowest BCUT2D eigenvalue weighted by atomic mass is 9.84. The topological polar surface area (TPSA) is 49.3 Å². The van der Waals surface area contributed by atoms with E-state index in [2.05, 4.69) is 52.1 Å². The molecule has 3 heteroatoms. The van der Waals surface area contributed by atoms with Crippen LogP contribution < -0.4 is 5.32 Å². The molecule has 0 saturated heterocycles. The smallest absolute Gasteiger partial charge is 0.320 e. The van der Waals surface area contributed by atoms with Crippen LogP contribution in [0.5, 0.6) is 0 Å². The van der Waals surface area contributed by atoms with Crippen LogP contribution in [0.2, 0.25) is 0 Å². The second kappa shape index (κ2) is 5.74. The Balaban J connectivity index is 2.95. The summed E-state index contributed by atoms with van der Waals surface area (Å²) in [7, 11) is 0. The first-order chi connectivity index (χ1) is 8.62. The molecule has 1 aromatic rings. The fourth-order valence-corrected chi connectivity index (χ4v) is 2.05. The maximum Gasteiger partial charge on any atom is 0.320 e. The first-order valence-corrected chi connectivity index (χ1v) is 6.69. The van der Waals surface area contributed by atoms with E-state index in [1.54, 1.807) is 6.92 Å². The summed E-state index contributed by atoms with van der Waals surface area (Å²) in [6, 6.07) is 3.88. The van der Waals surface area contributed by atoms with E-state index in [-0.39, 0.29) is 5.41 Å². The molecule has 0 fully saturated rings. The Morgan fingerprint density at radius 1 is 1.26 bits per heavy atom. The first-order valence-electron chi connectivity index (χ1n) is 6.69. The minimum absolute atomic E-state index is 0.135. The highest BCUT2D eigenvalue weighted by molar-refractivity contribution is 5.72. The zero-order chi connectivity index (χ0) is 14.8. The van der Waals surface area contributed by atoms with Gasteiger partial charge in [0.15, 0.2) is 0 Å². The van der Waals surface area contributed by atoms with Crippen molar-refractivity contribution >= 4 is 5.97 Å². The van der Waals surface area contributed by atoms with E-state index >= 15 is 0 Å². The molecule has 0 heterocycles. The molecular formula is C16H25NO2. The van der Waals surface area contributed by atoms with Crippen LogP contribution in [0.1, 0.15) is 49.9 Å². The standard InChI is InChI=1S/C16H25NO2/c1-10-7-13(16(4,5)6)8-11(2)14(10)9-17-12(3)15(18)19/h7-8,12,17H,9H2,1-6H3,(H,18,19)/t12-/m1/s1. The molecule has 1 aromatic carbocycles. The van der Waals surface area contributed by atoms with Gasteiger partial charge in [-0.25, -0.2) is 0 Å². The summed E-state index contributed by atoms with van der Waals surface area (Å²) in [5.41, 5.74) is 5.08. The van der Waals surface area contributed by atoms with Gasteiger partial charge < -0.3 is 10.4 Å². The summed E-state index contributed by atoms with van der Waals surface area (Å²) >= 11 is 0. The molecular weight excluding hydrogens is 238 g/mol. The maximum atomic E-state index is 10.8. The molecule has 2 N–H and O–H groups in total. The molecule has 0 aliphatic heterocycles. The average molecular weight is 263 g/mol. The van der Waals surface area contributed by atoms with Crippen molar-refractivity contribution in [1.82, 2.24) is 5.32 Å². The van der Waals surface area contributed by atoms with Gasteiger partial charge >= 0.3 is 5.97 Å². The van der Waals surface area contributed by atoms with Crippen LogP contribution in [0.15, 0.2) is 12.1 Å². The number of rotatable bonds is 4. The van der Waals surface area contributed by atoms with Crippen LogP contribution in [0.3, 0.4) is 0 Å². The lowest BCUT2D eigenvalue weighted by Crippen LogP contribution is -2.33. The number of benzene rings is 1. The van der Waals surface area contributed by atoms with Gasteiger partial charge in [-0.2, -0.15) is 0 Å². The quantitative estimate of drug-likeness (QED) is 0.877.